The lowest BCUT2D eigenvalue weighted by Gasteiger charge is -2.26. The lowest BCUT2D eigenvalue weighted by Crippen LogP contribution is -2.54. The molecule has 6 heteroatoms. The second kappa shape index (κ2) is 7.07. The zero-order valence-electron chi connectivity index (χ0n) is 15.6. The average Bonchev–Trinajstić information content (AvgIpc) is 2.61. The predicted molar refractivity (Wildman–Crippen MR) is 103 cm³/mol. The van der Waals surface area contributed by atoms with Crippen molar-refractivity contribution in [3.8, 4) is 5.75 Å². The molecule has 3 rings (SSSR count). The fourth-order valence-electron chi connectivity index (χ4n) is 2.91. The molecule has 1 heterocycles. The Labute approximate surface area is 157 Å². The second-order valence-electron chi connectivity index (χ2n) is 6.46. The van der Waals surface area contributed by atoms with Gasteiger partial charge in [0.05, 0.1) is 12.8 Å². The molecule has 1 aliphatic rings. The van der Waals surface area contributed by atoms with E-state index < -0.39 is 17.8 Å². The van der Waals surface area contributed by atoms with Gasteiger partial charge in [0.1, 0.15) is 11.3 Å². The monoisotopic (exact) mass is 364 g/mol. The molecule has 138 valence electrons. The number of nitrogens with zero attached hydrogens (tertiary/aromatic N) is 1. The first-order valence-corrected chi connectivity index (χ1v) is 8.45. The van der Waals surface area contributed by atoms with Crippen LogP contribution in [-0.4, -0.2) is 25.0 Å². The van der Waals surface area contributed by atoms with Gasteiger partial charge in [-0.05, 0) is 73.4 Å². The van der Waals surface area contributed by atoms with Gasteiger partial charge in [-0.25, -0.2) is 9.69 Å². The fourth-order valence-corrected chi connectivity index (χ4v) is 2.91. The first kappa shape index (κ1) is 18.4. The van der Waals surface area contributed by atoms with Gasteiger partial charge in [-0.2, -0.15) is 0 Å². The number of carbonyl (C=O) groups is 3. The van der Waals surface area contributed by atoms with Crippen LogP contribution in [0.2, 0.25) is 0 Å². The maximum absolute atomic E-state index is 12.9. The highest BCUT2D eigenvalue weighted by molar-refractivity contribution is 6.39. The minimum Gasteiger partial charge on any atom is -0.496 e. The number of ether oxygens (including phenoxy) is 1. The number of barbiturate groups is 1. The van der Waals surface area contributed by atoms with E-state index in [-0.39, 0.29) is 5.57 Å². The molecule has 6 nitrogen and oxygen atoms in total. The SMILES string of the molecule is COc1ccc(/C=C2\C(=O)NC(=O)N(c3ccc(C)c(C)c3)C2=O)cc1C. The molecule has 4 amide bonds. The van der Waals surface area contributed by atoms with Crippen molar-refractivity contribution in [1.82, 2.24) is 5.32 Å². The molecule has 1 N–H and O–H groups in total. The summed E-state index contributed by atoms with van der Waals surface area (Å²) in [6, 6.07) is 9.83. The lowest BCUT2D eigenvalue weighted by atomic mass is 10.0. The molecule has 27 heavy (non-hydrogen) atoms. The van der Waals surface area contributed by atoms with E-state index in [2.05, 4.69) is 5.32 Å². The molecule has 0 saturated carbocycles. The van der Waals surface area contributed by atoms with Gasteiger partial charge in [-0.15, -0.1) is 0 Å². The standard InChI is InChI=1S/C21H20N2O4/c1-12-5-7-16(10-13(12)2)23-20(25)17(19(24)22-21(23)26)11-15-6-8-18(27-4)14(3)9-15/h5-11H,1-4H3,(H,22,24,26)/b17-11+. The summed E-state index contributed by atoms with van der Waals surface area (Å²) in [5.74, 6) is -0.650. The van der Waals surface area contributed by atoms with Gasteiger partial charge < -0.3 is 4.74 Å². The number of hydrogen-bond acceptors (Lipinski definition) is 4. The zero-order valence-corrected chi connectivity index (χ0v) is 15.6. The molecule has 0 atom stereocenters. The van der Waals surface area contributed by atoms with Crippen molar-refractivity contribution in [3.05, 3.63) is 64.2 Å². The molecular formula is C21H20N2O4. The first-order valence-electron chi connectivity index (χ1n) is 8.45. The summed E-state index contributed by atoms with van der Waals surface area (Å²) < 4.78 is 5.22. The largest absolute Gasteiger partial charge is 0.496 e. The number of anilines is 1. The van der Waals surface area contributed by atoms with Gasteiger partial charge >= 0.3 is 6.03 Å². The zero-order chi connectivity index (χ0) is 19.7. The number of rotatable bonds is 3. The van der Waals surface area contributed by atoms with Crippen molar-refractivity contribution in [2.24, 2.45) is 0 Å². The molecule has 0 radical (unpaired) electrons. The van der Waals surface area contributed by atoms with Crippen LogP contribution in [0.15, 0.2) is 42.0 Å². The van der Waals surface area contributed by atoms with Crippen LogP contribution in [-0.2, 0) is 9.59 Å². The summed E-state index contributed by atoms with van der Waals surface area (Å²) in [4.78, 5) is 38.4. The van der Waals surface area contributed by atoms with Crippen LogP contribution >= 0.6 is 0 Å². The molecule has 2 aromatic carbocycles. The summed E-state index contributed by atoms with van der Waals surface area (Å²) in [6.45, 7) is 5.71. The van der Waals surface area contributed by atoms with Gasteiger partial charge in [0.2, 0.25) is 0 Å². The van der Waals surface area contributed by atoms with E-state index in [1.165, 1.54) is 6.08 Å². The molecule has 0 unspecified atom stereocenters. The molecule has 0 bridgehead atoms. The van der Waals surface area contributed by atoms with Crippen LogP contribution in [0.5, 0.6) is 5.75 Å². The van der Waals surface area contributed by atoms with Crippen LogP contribution in [0.25, 0.3) is 6.08 Å². The third-order valence-corrected chi connectivity index (χ3v) is 4.58. The molecule has 1 aliphatic heterocycles. The van der Waals surface area contributed by atoms with Crippen molar-refractivity contribution < 1.29 is 19.1 Å². The highest BCUT2D eigenvalue weighted by atomic mass is 16.5. The van der Waals surface area contributed by atoms with E-state index in [1.807, 2.05) is 32.9 Å². The minimum absolute atomic E-state index is 0.0996. The molecule has 0 aliphatic carbocycles. The van der Waals surface area contributed by atoms with Gasteiger partial charge in [0, 0.05) is 0 Å². The van der Waals surface area contributed by atoms with Crippen LogP contribution in [0.1, 0.15) is 22.3 Å². The van der Waals surface area contributed by atoms with E-state index in [1.54, 1.807) is 31.4 Å². The number of methoxy groups -OCH3 is 1. The van der Waals surface area contributed by atoms with Crippen LogP contribution in [0.4, 0.5) is 10.5 Å². The molecular weight excluding hydrogens is 344 g/mol. The Morgan fingerprint density at radius 1 is 0.926 bits per heavy atom. The summed E-state index contributed by atoms with van der Waals surface area (Å²) in [5.41, 5.74) is 3.85. The third kappa shape index (κ3) is 3.46. The van der Waals surface area contributed by atoms with Crippen LogP contribution in [0, 0.1) is 20.8 Å². The van der Waals surface area contributed by atoms with E-state index in [0.717, 1.165) is 21.6 Å². The number of hydrogen-bond donors (Lipinski definition) is 1. The maximum atomic E-state index is 12.9. The van der Waals surface area contributed by atoms with E-state index in [0.29, 0.717) is 17.0 Å². The maximum Gasteiger partial charge on any atom is 0.335 e. The normalized spacial score (nSPS) is 15.9. The van der Waals surface area contributed by atoms with Crippen LogP contribution < -0.4 is 15.0 Å². The van der Waals surface area contributed by atoms with Gasteiger partial charge in [-0.3, -0.25) is 14.9 Å². The quantitative estimate of drug-likeness (QED) is 0.670. The van der Waals surface area contributed by atoms with Crippen molar-refractivity contribution in [2.45, 2.75) is 20.8 Å². The Balaban J connectivity index is 2.01. The summed E-state index contributed by atoms with van der Waals surface area (Å²) >= 11 is 0. The number of carbonyl (C=O) groups excluding carboxylic acids is 3. The Morgan fingerprint density at radius 2 is 1.67 bits per heavy atom. The average molecular weight is 364 g/mol. The molecule has 1 saturated heterocycles. The fraction of sp³-hybridized carbons (Fsp3) is 0.190. The smallest absolute Gasteiger partial charge is 0.335 e. The molecule has 1 fully saturated rings. The third-order valence-electron chi connectivity index (χ3n) is 4.58. The highest BCUT2D eigenvalue weighted by Gasteiger charge is 2.36. The van der Waals surface area contributed by atoms with E-state index >= 15 is 0 Å². The Kier molecular flexibility index (Phi) is 4.81. The summed E-state index contributed by atoms with van der Waals surface area (Å²) in [6.07, 6.45) is 1.48. The Morgan fingerprint density at radius 3 is 2.30 bits per heavy atom. The number of urea groups is 1. The van der Waals surface area contributed by atoms with E-state index in [9.17, 15) is 14.4 Å². The Hall–Kier alpha value is -3.41. The first-order chi connectivity index (χ1) is 12.8. The topological polar surface area (TPSA) is 75.7 Å². The second-order valence-corrected chi connectivity index (χ2v) is 6.46. The molecule has 2 aromatic rings. The predicted octanol–water partition coefficient (Wildman–Crippen LogP) is 3.29. The van der Waals surface area contributed by atoms with E-state index in [4.69, 9.17) is 4.74 Å². The summed E-state index contributed by atoms with van der Waals surface area (Å²) in [5, 5.41) is 2.23. The van der Waals surface area contributed by atoms with Crippen molar-refractivity contribution in [1.29, 1.82) is 0 Å². The number of benzene rings is 2. The highest BCUT2D eigenvalue weighted by Crippen LogP contribution is 2.25. The van der Waals surface area contributed by atoms with Crippen molar-refractivity contribution in [3.63, 3.8) is 0 Å². The van der Waals surface area contributed by atoms with Gasteiger partial charge in [0.15, 0.2) is 0 Å². The van der Waals surface area contributed by atoms with Gasteiger partial charge in [-0.1, -0.05) is 12.1 Å². The Bertz CT molecular complexity index is 992. The lowest BCUT2D eigenvalue weighted by molar-refractivity contribution is -0.122. The van der Waals surface area contributed by atoms with Crippen LogP contribution in [0.3, 0.4) is 0 Å². The van der Waals surface area contributed by atoms with Gasteiger partial charge in [0.25, 0.3) is 11.8 Å². The minimum atomic E-state index is -0.753. The number of nitrogens with one attached hydrogen (secondary N) is 1. The summed E-state index contributed by atoms with van der Waals surface area (Å²) in [7, 11) is 1.58. The number of aryl methyl sites for hydroxylation is 3. The van der Waals surface area contributed by atoms with Crippen molar-refractivity contribution in [2.75, 3.05) is 12.0 Å². The molecule has 0 aromatic heterocycles. The number of amides is 4. The van der Waals surface area contributed by atoms with Crippen molar-refractivity contribution >= 4 is 29.6 Å². The number of imide groups is 2. The molecule has 0 spiro atoms.